The van der Waals surface area contributed by atoms with E-state index in [0.717, 1.165) is 18.2 Å². The van der Waals surface area contributed by atoms with Gasteiger partial charge in [-0.2, -0.15) is 0 Å². The van der Waals surface area contributed by atoms with Crippen molar-refractivity contribution in [2.45, 2.75) is 32.3 Å². The Kier molecular flexibility index (Phi) is 5.04. The van der Waals surface area contributed by atoms with Gasteiger partial charge in [0.25, 0.3) is 0 Å². The Bertz CT molecular complexity index is 519. The molecular formula is C13H18F2O3S. The Morgan fingerprint density at radius 2 is 1.74 bits per heavy atom. The average molecular weight is 292 g/mol. The van der Waals surface area contributed by atoms with E-state index in [9.17, 15) is 22.3 Å². The maximum atomic E-state index is 13.1. The van der Waals surface area contributed by atoms with Gasteiger partial charge in [0.2, 0.25) is 0 Å². The van der Waals surface area contributed by atoms with Gasteiger partial charge >= 0.3 is 0 Å². The third-order valence-electron chi connectivity index (χ3n) is 3.04. The van der Waals surface area contributed by atoms with Crippen LogP contribution in [0.3, 0.4) is 0 Å². The minimum absolute atomic E-state index is 0.0442. The monoisotopic (exact) mass is 292 g/mol. The molecule has 0 bridgehead atoms. The van der Waals surface area contributed by atoms with Crippen LogP contribution in [0.2, 0.25) is 0 Å². The number of rotatable bonds is 6. The molecule has 0 saturated heterocycles. The summed E-state index contributed by atoms with van der Waals surface area (Å²) in [5, 5.41) is 10.2. The third-order valence-corrected chi connectivity index (χ3v) is 4.83. The van der Waals surface area contributed by atoms with Gasteiger partial charge in [-0.15, -0.1) is 0 Å². The summed E-state index contributed by atoms with van der Waals surface area (Å²) in [6, 6.07) is 2.83. The molecule has 0 fully saturated rings. The molecule has 1 rings (SSSR count). The van der Waals surface area contributed by atoms with E-state index in [0.29, 0.717) is 0 Å². The lowest BCUT2D eigenvalue weighted by molar-refractivity contribution is 0.0465. The fourth-order valence-corrected chi connectivity index (χ4v) is 2.66. The zero-order chi connectivity index (χ0) is 14.7. The van der Waals surface area contributed by atoms with Crippen molar-refractivity contribution in [3.63, 3.8) is 0 Å². The van der Waals surface area contributed by atoms with Crippen molar-refractivity contribution in [3.8, 4) is 0 Å². The van der Waals surface area contributed by atoms with Crippen LogP contribution in [-0.4, -0.2) is 25.0 Å². The third kappa shape index (κ3) is 4.87. The van der Waals surface area contributed by atoms with Crippen LogP contribution in [0.4, 0.5) is 8.78 Å². The lowest BCUT2D eigenvalue weighted by Crippen LogP contribution is -2.23. The van der Waals surface area contributed by atoms with E-state index in [2.05, 4.69) is 0 Å². The first-order valence-corrected chi connectivity index (χ1v) is 7.88. The highest BCUT2D eigenvalue weighted by molar-refractivity contribution is 7.91. The molecule has 0 radical (unpaired) electrons. The van der Waals surface area contributed by atoms with Gasteiger partial charge in [0.15, 0.2) is 0 Å². The summed E-state index contributed by atoms with van der Waals surface area (Å²) in [5.74, 6) is -1.53. The van der Waals surface area contributed by atoms with E-state index in [1.165, 1.54) is 6.92 Å². The Labute approximate surface area is 112 Å². The predicted molar refractivity (Wildman–Crippen MR) is 69.5 cm³/mol. The molecule has 19 heavy (non-hydrogen) atoms. The van der Waals surface area contributed by atoms with E-state index in [1.807, 2.05) is 0 Å². The first-order chi connectivity index (χ1) is 8.66. The second-order valence-electron chi connectivity index (χ2n) is 4.77. The second kappa shape index (κ2) is 5.96. The maximum Gasteiger partial charge on any atom is 0.150 e. The standard InChI is InChI=1S/C13H18F2O3S/c1-3-19(17,18)6-4-5-13(2,16)10-7-11(14)9-12(15)8-10/h7-9,16H,3-6H2,1-2H3. The largest absolute Gasteiger partial charge is 0.385 e. The van der Waals surface area contributed by atoms with Crippen LogP contribution in [-0.2, 0) is 15.4 Å². The maximum absolute atomic E-state index is 13.1. The fraction of sp³-hybridized carbons (Fsp3) is 0.538. The molecule has 0 heterocycles. The summed E-state index contributed by atoms with van der Waals surface area (Å²) in [6.07, 6.45) is 0.358. The molecular weight excluding hydrogens is 274 g/mol. The van der Waals surface area contributed by atoms with Crippen molar-refractivity contribution >= 4 is 9.84 Å². The van der Waals surface area contributed by atoms with Gasteiger partial charge in [-0.1, -0.05) is 6.92 Å². The van der Waals surface area contributed by atoms with Crippen LogP contribution in [0.25, 0.3) is 0 Å². The Hall–Kier alpha value is -1.01. The quantitative estimate of drug-likeness (QED) is 0.876. The van der Waals surface area contributed by atoms with Crippen LogP contribution in [0.15, 0.2) is 18.2 Å². The van der Waals surface area contributed by atoms with Gasteiger partial charge in [0.05, 0.1) is 11.4 Å². The minimum atomic E-state index is -3.10. The second-order valence-corrected chi connectivity index (χ2v) is 7.24. The summed E-state index contributed by atoms with van der Waals surface area (Å²) in [7, 11) is -3.10. The number of hydrogen-bond acceptors (Lipinski definition) is 3. The van der Waals surface area contributed by atoms with Crippen molar-refractivity contribution < 1.29 is 22.3 Å². The number of halogens is 2. The molecule has 1 unspecified atom stereocenters. The Morgan fingerprint density at radius 3 is 2.21 bits per heavy atom. The molecule has 1 aromatic rings. The normalized spacial score (nSPS) is 15.2. The molecule has 0 aliphatic rings. The van der Waals surface area contributed by atoms with Crippen LogP contribution >= 0.6 is 0 Å². The molecule has 0 amide bonds. The molecule has 1 N–H and O–H groups in total. The molecule has 0 saturated carbocycles. The van der Waals surface area contributed by atoms with Gasteiger partial charge in [-0.05, 0) is 37.5 Å². The first-order valence-electron chi connectivity index (χ1n) is 6.05. The number of hydrogen-bond donors (Lipinski definition) is 1. The summed E-state index contributed by atoms with van der Waals surface area (Å²) in [6.45, 7) is 2.97. The lowest BCUT2D eigenvalue weighted by Gasteiger charge is -2.24. The molecule has 3 nitrogen and oxygen atoms in total. The Balaban J connectivity index is 2.75. The van der Waals surface area contributed by atoms with Crippen molar-refractivity contribution in [1.29, 1.82) is 0 Å². The molecule has 0 aliphatic carbocycles. The molecule has 108 valence electrons. The molecule has 0 spiro atoms. The smallest absolute Gasteiger partial charge is 0.150 e. The summed E-state index contributed by atoms with van der Waals surface area (Å²) in [5.41, 5.74) is -1.34. The van der Waals surface area contributed by atoms with E-state index < -0.39 is 27.1 Å². The van der Waals surface area contributed by atoms with Gasteiger partial charge in [0, 0.05) is 11.8 Å². The molecule has 6 heteroatoms. The van der Waals surface area contributed by atoms with Gasteiger partial charge in [-0.3, -0.25) is 0 Å². The van der Waals surface area contributed by atoms with E-state index in [1.54, 1.807) is 6.92 Å². The van der Waals surface area contributed by atoms with Gasteiger partial charge in [0.1, 0.15) is 21.5 Å². The Morgan fingerprint density at radius 1 is 1.21 bits per heavy atom. The summed E-state index contributed by atoms with van der Waals surface area (Å²) >= 11 is 0. The van der Waals surface area contributed by atoms with Crippen molar-refractivity contribution in [2.75, 3.05) is 11.5 Å². The van der Waals surface area contributed by atoms with Crippen LogP contribution in [0.5, 0.6) is 0 Å². The number of aliphatic hydroxyl groups is 1. The minimum Gasteiger partial charge on any atom is -0.385 e. The summed E-state index contributed by atoms with van der Waals surface area (Å²) < 4.78 is 48.8. The van der Waals surface area contributed by atoms with Crippen LogP contribution < -0.4 is 0 Å². The molecule has 0 aromatic heterocycles. The van der Waals surface area contributed by atoms with Crippen molar-refractivity contribution in [1.82, 2.24) is 0 Å². The zero-order valence-electron chi connectivity index (χ0n) is 11.0. The highest BCUT2D eigenvalue weighted by Gasteiger charge is 2.24. The summed E-state index contributed by atoms with van der Waals surface area (Å²) in [4.78, 5) is 0. The molecule has 1 aromatic carbocycles. The average Bonchev–Trinajstić information content (AvgIpc) is 2.27. The SMILES string of the molecule is CCS(=O)(=O)CCCC(C)(O)c1cc(F)cc(F)c1. The number of sulfone groups is 1. The molecule has 0 aliphatic heterocycles. The van der Waals surface area contributed by atoms with E-state index >= 15 is 0 Å². The van der Waals surface area contributed by atoms with Crippen molar-refractivity contribution in [2.24, 2.45) is 0 Å². The van der Waals surface area contributed by atoms with Crippen LogP contribution in [0, 0.1) is 11.6 Å². The topological polar surface area (TPSA) is 54.4 Å². The highest BCUT2D eigenvalue weighted by Crippen LogP contribution is 2.27. The van der Waals surface area contributed by atoms with Crippen molar-refractivity contribution in [3.05, 3.63) is 35.4 Å². The van der Waals surface area contributed by atoms with E-state index in [4.69, 9.17) is 0 Å². The first kappa shape index (κ1) is 16.0. The predicted octanol–water partition coefficient (Wildman–Crippen LogP) is 2.39. The number of benzene rings is 1. The fourth-order valence-electron chi connectivity index (χ4n) is 1.79. The van der Waals surface area contributed by atoms with Crippen LogP contribution in [0.1, 0.15) is 32.3 Å². The molecule has 1 atom stereocenters. The van der Waals surface area contributed by atoms with Gasteiger partial charge < -0.3 is 5.11 Å². The van der Waals surface area contributed by atoms with E-state index in [-0.39, 0.29) is 29.9 Å². The highest BCUT2D eigenvalue weighted by atomic mass is 32.2. The zero-order valence-corrected chi connectivity index (χ0v) is 11.8. The van der Waals surface area contributed by atoms with Gasteiger partial charge in [-0.25, -0.2) is 17.2 Å². The lowest BCUT2D eigenvalue weighted by atomic mass is 9.91.